The van der Waals surface area contributed by atoms with Gasteiger partial charge in [0.05, 0.1) is 9.98 Å². The van der Waals surface area contributed by atoms with Gasteiger partial charge in [0.1, 0.15) is 0 Å². The molecule has 0 saturated heterocycles. The molecule has 0 N–H and O–H groups in total. The zero-order valence-corrected chi connectivity index (χ0v) is 6.20. The van der Waals surface area contributed by atoms with Crippen molar-refractivity contribution >= 4 is 33.6 Å². The van der Waals surface area contributed by atoms with E-state index in [-0.39, 0.29) is 7.43 Å². The van der Waals surface area contributed by atoms with Gasteiger partial charge in [-0.1, -0.05) is 7.43 Å². The van der Waals surface area contributed by atoms with E-state index < -0.39 is 0 Å². The Morgan fingerprint density at radius 3 is 2.67 bits per heavy atom. The number of carbonyl (C=O) groups excluding carboxylic acids is 1. The summed E-state index contributed by atoms with van der Waals surface area (Å²) in [5.74, 6) is 0. The third-order valence-corrected chi connectivity index (χ3v) is 2.00. The van der Waals surface area contributed by atoms with Crippen LogP contribution in [0, 0.1) is 0 Å². The molecule has 1 aromatic rings. The summed E-state index contributed by atoms with van der Waals surface area (Å²) in [5.41, 5.74) is 0. The second-order valence-electron chi connectivity index (χ2n) is 1.12. The first kappa shape index (κ1) is 8.78. The maximum Gasteiger partial charge on any atom is 0.178 e. The van der Waals surface area contributed by atoms with E-state index in [1.54, 1.807) is 6.20 Å². The largest absolute Gasteiger partial charge is 0.295 e. The molecule has 50 valence electrons. The fourth-order valence-electron chi connectivity index (χ4n) is 0.321. The maximum atomic E-state index is 9.95. The molecular formula is C5H6BrNOS. The Morgan fingerprint density at radius 2 is 2.44 bits per heavy atom. The highest BCUT2D eigenvalue weighted by Gasteiger charge is 1.93. The number of hydrogen-bond donors (Lipinski definition) is 0. The molecule has 0 spiro atoms. The van der Waals surface area contributed by atoms with Gasteiger partial charge in [-0.2, -0.15) is 0 Å². The molecule has 4 heteroatoms. The lowest BCUT2D eigenvalue weighted by Gasteiger charge is -1.67. The van der Waals surface area contributed by atoms with Crippen LogP contribution in [0.5, 0.6) is 0 Å². The second-order valence-corrected chi connectivity index (χ2v) is 3.56. The summed E-state index contributed by atoms with van der Waals surface area (Å²) in [7, 11) is 0. The summed E-state index contributed by atoms with van der Waals surface area (Å²) in [5, 5.41) is 0.511. The van der Waals surface area contributed by atoms with Gasteiger partial charge < -0.3 is 0 Å². The lowest BCUT2D eigenvalue weighted by Crippen LogP contribution is -1.69. The van der Waals surface area contributed by atoms with Crippen molar-refractivity contribution in [3.8, 4) is 0 Å². The van der Waals surface area contributed by atoms with Gasteiger partial charge in [-0.3, -0.25) is 4.79 Å². The van der Waals surface area contributed by atoms with Crippen molar-refractivity contribution in [2.75, 3.05) is 0 Å². The number of rotatable bonds is 1. The van der Waals surface area contributed by atoms with Crippen LogP contribution in [-0.4, -0.2) is 11.3 Å². The third kappa shape index (κ3) is 2.24. The lowest BCUT2D eigenvalue weighted by molar-refractivity contribution is 0.112. The lowest BCUT2D eigenvalue weighted by atomic mass is 10.8. The molecule has 2 nitrogen and oxygen atoms in total. The smallest absolute Gasteiger partial charge is 0.178 e. The molecule has 0 atom stereocenters. The number of aldehydes is 1. The minimum atomic E-state index is 0. The van der Waals surface area contributed by atoms with Crippen LogP contribution in [0.1, 0.15) is 17.2 Å². The molecule has 1 rings (SSSR count). The number of nitrogens with zero attached hydrogens (tertiary/aromatic N) is 1. The molecular weight excluding hydrogens is 202 g/mol. The monoisotopic (exact) mass is 207 g/mol. The van der Waals surface area contributed by atoms with Crippen molar-refractivity contribution < 1.29 is 4.79 Å². The topological polar surface area (TPSA) is 30.0 Å². The molecule has 0 aliphatic carbocycles. The van der Waals surface area contributed by atoms with Crippen molar-refractivity contribution in [3.05, 3.63) is 15.0 Å². The van der Waals surface area contributed by atoms with Gasteiger partial charge in [0.2, 0.25) is 0 Å². The van der Waals surface area contributed by atoms with Crippen molar-refractivity contribution in [3.63, 3.8) is 0 Å². The van der Waals surface area contributed by atoms with Crippen LogP contribution in [-0.2, 0) is 0 Å². The van der Waals surface area contributed by atoms with Gasteiger partial charge in [0, 0.05) is 0 Å². The highest BCUT2D eigenvalue weighted by Crippen LogP contribution is 2.16. The third-order valence-electron chi connectivity index (χ3n) is 0.596. The summed E-state index contributed by atoms with van der Waals surface area (Å²) in [4.78, 5) is 13.7. The van der Waals surface area contributed by atoms with E-state index in [2.05, 4.69) is 20.9 Å². The molecule has 1 aromatic heterocycles. The Morgan fingerprint density at radius 1 is 1.78 bits per heavy atom. The van der Waals surface area contributed by atoms with E-state index in [4.69, 9.17) is 0 Å². The number of hydrogen-bond acceptors (Lipinski definition) is 3. The molecule has 0 aliphatic heterocycles. The predicted molar refractivity (Wildman–Crippen MR) is 41.9 cm³/mol. The van der Waals surface area contributed by atoms with E-state index in [9.17, 15) is 4.79 Å². The van der Waals surface area contributed by atoms with Crippen LogP contribution in [0.2, 0.25) is 0 Å². The molecule has 0 amide bonds. The molecule has 0 unspecified atom stereocenters. The van der Waals surface area contributed by atoms with E-state index in [0.29, 0.717) is 5.01 Å². The first-order valence-electron chi connectivity index (χ1n) is 1.89. The summed E-state index contributed by atoms with van der Waals surface area (Å²) < 4.78 is 0.889. The van der Waals surface area contributed by atoms with Crippen molar-refractivity contribution in [1.29, 1.82) is 0 Å². The number of thiazole rings is 1. The molecule has 0 aliphatic rings. The SMILES string of the molecule is C.O=Cc1ncc(Br)s1. The van der Waals surface area contributed by atoms with Gasteiger partial charge in [0.15, 0.2) is 11.3 Å². The minimum Gasteiger partial charge on any atom is -0.295 e. The molecule has 0 radical (unpaired) electrons. The molecule has 0 saturated carbocycles. The Labute approximate surface area is 66.1 Å². The van der Waals surface area contributed by atoms with Crippen molar-refractivity contribution in [2.24, 2.45) is 0 Å². The van der Waals surface area contributed by atoms with E-state index in [0.717, 1.165) is 10.1 Å². The quantitative estimate of drug-likeness (QED) is 0.663. The van der Waals surface area contributed by atoms with Crippen LogP contribution in [0.25, 0.3) is 0 Å². The Hall–Kier alpha value is -0.220. The van der Waals surface area contributed by atoms with Crippen LogP contribution in [0.4, 0.5) is 0 Å². The number of aromatic nitrogens is 1. The fourth-order valence-corrected chi connectivity index (χ4v) is 1.38. The molecule has 1 heterocycles. The first-order valence-corrected chi connectivity index (χ1v) is 3.50. The molecule has 0 aromatic carbocycles. The predicted octanol–water partition coefficient (Wildman–Crippen LogP) is 2.35. The van der Waals surface area contributed by atoms with E-state index in [1.807, 2.05) is 0 Å². The summed E-state index contributed by atoms with van der Waals surface area (Å²) in [6, 6.07) is 0. The van der Waals surface area contributed by atoms with Gasteiger partial charge >= 0.3 is 0 Å². The van der Waals surface area contributed by atoms with Gasteiger partial charge in [-0.25, -0.2) is 4.98 Å². The van der Waals surface area contributed by atoms with E-state index >= 15 is 0 Å². The van der Waals surface area contributed by atoms with Gasteiger partial charge in [0.25, 0.3) is 0 Å². The second kappa shape index (κ2) is 3.74. The Bertz CT molecular complexity index is 199. The van der Waals surface area contributed by atoms with Crippen LogP contribution in [0.3, 0.4) is 0 Å². The van der Waals surface area contributed by atoms with Crippen LogP contribution < -0.4 is 0 Å². The van der Waals surface area contributed by atoms with E-state index in [1.165, 1.54) is 11.3 Å². The fraction of sp³-hybridized carbons (Fsp3) is 0.200. The Balaban J connectivity index is 0.000000640. The number of carbonyl (C=O) groups is 1. The molecule has 9 heavy (non-hydrogen) atoms. The van der Waals surface area contributed by atoms with Crippen molar-refractivity contribution in [1.82, 2.24) is 4.98 Å². The maximum absolute atomic E-state index is 9.95. The molecule has 0 fully saturated rings. The van der Waals surface area contributed by atoms with Gasteiger partial charge in [-0.15, -0.1) is 11.3 Å². The standard InChI is InChI=1S/C4H2BrNOS.CH4/c5-3-1-6-4(2-7)8-3;/h1-2H;1H4. The number of halogens is 1. The summed E-state index contributed by atoms with van der Waals surface area (Å²) in [6.45, 7) is 0. The summed E-state index contributed by atoms with van der Waals surface area (Å²) in [6.07, 6.45) is 2.34. The average Bonchev–Trinajstić information content (AvgIpc) is 2.14. The summed E-state index contributed by atoms with van der Waals surface area (Å²) >= 11 is 4.50. The average molecular weight is 208 g/mol. The molecule has 0 bridgehead atoms. The minimum absolute atomic E-state index is 0. The van der Waals surface area contributed by atoms with Crippen LogP contribution in [0.15, 0.2) is 9.98 Å². The zero-order chi connectivity index (χ0) is 5.98. The normalized spacial score (nSPS) is 8.11. The van der Waals surface area contributed by atoms with Crippen LogP contribution >= 0.6 is 27.3 Å². The van der Waals surface area contributed by atoms with Gasteiger partial charge in [-0.05, 0) is 15.9 Å². The highest BCUT2D eigenvalue weighted by molar-refractivity contribution is 9.11. The highest BCUT2D eigenvalue weighted by atomic mass is 79.9. The zero-order valence-electron chi connectivity index (χ0n) is 3.80. The van der Waals surface area contributed by atoms with Crippen molar-refractivity contribution in [2.45, 2.75) is 7.43 Å². The Kier molecular flexibility index (Phi) is 3.65. The first-order chi connectivity index (χ1) is 3.83.